The summed E-state index contributed by atoms with van der Waals surface area (Å²) in [5.74, 6) is 0.0930. The Hall–Kier alpha value is -1.12. The van der Waals surface area contributed by atoms with Crippen LogP contribution in [0, 0.1) is 0 Å². The van der Waals surface area contributed by atoms with Crippen molar-refractivity contribution in [3.05, 3.63) is 6.20 Å². The van der Waals surface area contributed by atoms with E-state index in [-0.39, 0.29) is 16.8 Å². The normalized spacial score (nSPS) is 21.8. The highest BCUT2D eigenvalue weighted by Gasteiger charge is 2.34. The lowest BCUT2D eigenvalue weighted by Crippen LogP contribution is -2.52. The molecule has 1 aliphatic heterocycles. The van der Waals surface area contributed by atoms with E-state index in [9.17, 15) is 8.42 Å². The molecule has 1 saturated heterocycles. The van der Waals surface area contributed by atoms with Gasteiger partial charge in [0.2, 0.25) is 10.0 Å². The molecule has 0 spiro atoms. The molecule has 1 aromatic heterocycles. The van der Waals surface area contributed by atoms with Crippen LogP contribution in [0.1, 0.15) is 26.7 Å². The molecular weight excluding hydrogens is 290 g/mol. The molecule has 0 aliphatic carbocycles. The summed E-state index contributed by atoms with van der Waals surface area (Å²) in [6.45, 7) is 6.49. The highest BCUT2D eigenvalue weighted by Crippen LogP contribution is 2.24. The predicted molar refractivity (Wildman–Crippen MR) is 82.4 cm³/mol. The molecule has 0 aromatic carbocycles. The van der Waals surface area contributed by atoms with Crippen molar-refractivity contribution in [3.8, 4) is 0 Å². The molecule has 1 atom stereocenters. The number of sulfonamides is 1. The number of nitrogens with zero attached hydrogens (tertiary/aromatic N) is 4. The van der Waals surface area contributed by atoms with E-state index in [1.165, 1.54) is 4.31 Å². The van der Waals surface area contributed by atoms with Gasteiger partial charge < -0.3 is 10.6 Å². The van der Waals surface area contributed by atoms with Crippen LogP contribution in [0.2, 0.25) is 0 Å². The molecule has 1 aliphatic rings. The second kappa shape index (κ2) is 6.33. The molecule has 2 N–H and O–H groups in total. The third kappa shape index (κ3) is 3.22. The molecule has 1 unspecified atom stereocenters. The highest BCUT2D eigenvalue weighted by atomic mass is 32.2. The summed E-state index contributed by atoms with van der Waals surface area (Å²) in [4.78, 5) is 2.34. The van der Waals surface area contributed by atoms with Gasteiger partial charge in [-0.3, -0.25) is 4.68 Å². The number of hydrogen-bond acceptors (Lipinski definition) is 5. The van der Waals surface area contributed by atoms with Crippen LogP contribution >= 0.6 is 0 Å². The number of anilines is 1. The van der Waals surface area contributed by atoms with Crippen LogP contribution in [0.25, 0.3) is 0 Å². The molecule has 1 fully saturated rings. The molecule has 0 bridgehead atoms. The van der Waals surface area contributed by atoms with Crippen molar-refractivity contribution in [1.29, 1.82) is 0 Å². The van der Waals surface area contributed by atoms with Gasteiger partial charge in [-0.25, -0.2) is 8.42 Å². The summed E-state index contributed by atoms with van der Waals surface area (Å²) in [5.41, 5.74) is 5.81. The fourth-order valence-corrected chi connectivity index (χ4v) is 4.20. The van der Waals surface area contributed by atoms with Crippen molar-refractivity contribution < 1.29 is 8.42 Å². The number of aromatic nitrogens is 2. The molecule has 2 heterocycles. The molecule has 8 heteroatoms. The fraction of sp³-hybridized carbons (Fsp3) is 0.769. The maximum absolute atomic E-state index is 12.8. The maximum atomic E-state index is 12.8. The summed E-state index contributed by atoms with van der Waals surface area (Å²) in [5, 5.41) is 4.09. The van der Waals surface area contributed by atoms with Crippen molar-refractivity contribution in [2.75, 3.05) is 32.4 Å². The smallest absolute Gasteiger partial charge is 0.248 e. The number of nitrogen functional groups attached to an aromatic ring is 1. The SMILES string of the molecule is CCCn1cc(S(=O)(=O)N2CCN(C)C(CC)C2)c(N)n1. The van der Waals surface area contributed by atoms with Gasteiger partial charge in [-0.1, -0.05) is 13.8 Å². The van der Waals surface area contributed by atoms with E-state index in [2.05, 4.69) is 16.9 Å². The summed E-state index contributed by atoms with van der Waals surface area (Å²) < 4.78 is 28.7. The minimum atomic E-state index is -3.56. The second-order valence-electron chi connectivity index (χ2n) is 5.55. The standard InChI is InChI=1S/C13H25N5O2S/c1-4-6-17-10-12(13(14)15-17)21(19,20)18-8-7-16(3)11(5-2)9-18/h10-11H,4-9H2,1-3H3,(H2,14,15). The Morgan fingerprint density at radius 3 is 2.71 bits per heavy atom. The van der Waals surface area contributed by atoms with Gasteiger partial charge in [-0.15, -0.1) is 0 Å². The van der Waals surface area contributed by atoms with Gasteiger partial charge >= 0.3 is 0 Å². The molecule has 0 radical (unpaired) electrons. The van der Waals surface area contributed by atoms with E-state index in [1.54, 1.807) is 10.9 Å². The number of nitrogens with two attached hydrogens (primary N) is 1. The van der Waals surface area contributed by atoms with Crippen LogP contribution in [0.4, 0.5) is 5.82 Å². The zero-order valence-electron chi connectivity index (χ0n) is 13.0. The number of hydrogen-bond donors (Lipinski definition) is 1. The number of aryl methyl sites for hydroxylation is 1. The Labute approximate surface area is 126 Å². The van der Waals surface area contributed by atoms with Gasteiger partial charge in [0.1, 0.15) is 4.90 Å². The third-order valence-corrected chi connectivity index (χ3v) is 5.92. The predicted octanol–water partition coefficient (Wildman–Crippen LogP) is 0.590. The molecule has 1 aromatic rings. The van der Waals surface area contributed by atoms with Crippen molar-refractivity contribution in [2.24, 2.45) is 0 Å². The average molecular weight is 315 g/mol. The van der Waals surface area contributed by atoms with Crippen LogP contribution in [0.3, 0.4) is 0 Å². The van der Waals surface area contributed by atoms with Crippen LogP contribution < -0.4 is 5.73 Å². The maximum Gasteiger partial charge on any atom is 0.248 e. The van der Waals surface area contributed by atoms with E-state index >= 15 is 0 Å². The van der Waals surface area contributed by atoms with Crippen molar-refractivity contribution in [2.45, 2.75) is 44.2 Å². The number of rotatable bonds is 5. The minimum Gasteiger partial charge on any atom is -0.381 e. The molecule has 21 heavy (non-hydrogen) atoms. The monoisotopic (exact) mass is 315 g/mol. The number of piperazine rings is 1. The zero-order valence-corrected chi connectivity index (χ0v) is 13.8. The van der Waals surface area contributed by atoms with Crippen molar-refractivity contribution >= 4 is 15.8 Å². The molecule has 7 nitrogen and oxygen atoms in total. The van der Waals surface area contributed by atoms with Crippen LogP contribution in [-0.4, -0.2) is 60.1 Å². The summed E-state index contributed by atoms with van der Waals surface area (Å²) in [6.07, 6.45) is 3.35. The first-order valence-electron chi connectivity index (χ1n) is 7.43. The van der Waals surface area contributed by atoms with Crippen LogP contribution in [0.15, 0.2) is 11.1 Å². The molecule has 0 saturated carbocycles. The van der Waals surface area contributed by atoms with Crippen LogP contribution in [-0.2, 0) is 16.6 Å². The minimum absolute atomic E-state index is 0.0930. The third-order valence-electron chi connectivity index (χ3n) is 4.04. The number of likely N-dealkylation sites (N-methyl/N-ethyl adjacent to an activating group) is 1. The molecule has 0 amide bonds. The van der Waals surface area contributed by atoms with Crippen molar-refractivity contribution in [3.63, 3.8) is 0 Å². The van der Waals surface area contributed by atoms with Gasteiger partial charge in [-0.2, -0.15) is 9.40 Å². The lowest BCUT2D eigenvalue weighted by molar-refractivity contribution is 0.144. The Morgan fingerprint density at radius 1 is 1.38 bits per heavy atom. The lowest BCUT2D eigenvalue weighted by Gasteiger charge is -2.38. The average Bonchev–Trinajstić information content (AvgIpc) is 2.81. The van der Waals surface area contributed by atoms with Crippen molar-refractivity contribution in [1.82, 2.24) is 19.0 Å². The van der Waals surface area contributed by atoms with Gasteiger partial charge in [-0.05, 0) is 19.9 Å². The fourth-order valence-electron chi connectivity index (χ4n) is 2.68. The lowest BCUT2D eigenvalue weighted by atomic mass is 10.1. The molecule has 2 rings (SSSR count). The van der Waals surface area contributed by atoms with Gasteiger partial charge in [0.15, 0.2) is 5.82 Å². The van der Waals surface area contributed by atoms with E-state index in [0.29, 0.717) is 19.6 Å². The Balaban J connectivity index is 2.25. The molecular formula is C13H25N5O2S. The summed E-state index contributed by atoms with van der Waals surface area (Å²) in [6, 6.07) is 0.250. The van der Waals surface area contributed by atoms with Gasteiger partial charge in [0, 0.05) is 38.4 Å². The largest absolute Gasteiger partial charge is 0.381 e. The second-order valence-corrected chi connectivity index (χ2v) is 7.45. The Kier molecular flexibility index (Phi) is 4.90. The zero-order chi connectivity index (χ0) is 15.6. The quantitative estimate of drug-likeness (QED) is 0.859. The van der Waals surface area contributed by atoms with E-state index in [4.69, 9.17) is 5.73 Å². The van der Waals surface area contributed by atoms with E-state index < -0.39 is 10.0 Å². The van der Waals surface area contributed by atoms with Gasteiger partial charge in [0.25, 0.3) is 0 Å². The highest BCUT2D eigenvalue weighted by molar-refractivity contribution is 7.89. The topological polar surface area (TPSA) is 84.5 Å². The van der Waals surface area contributed by atoms with E-state index in [0.717, 1.165) is 19.4 Å². The first-order chi connectivity index (χ1) is 9.90. The van der Waals surface area contributed by atoms with Crippen LogP contribution in [0.5, 0.6) is 0 Å². The van der Waals surface area contributed by atoms with Gasteiger partial charge in [0.05, 0.1) is 0 Å². The first-order valence-corrected chi connectivity index (χ1v) is 8.87. The summed E-state index contributed by atoms with van der Waals surface area (Å²) >= 11 is 0. The Bertz CT molecular complexity index is 583. The summed E-state index contributed by atoms with van der Waals surface area (Å²) in [7, 11) is -1.52. The first kappa shape index (κ1) is 16.3. The Morgan fingerprint density at radius 2 is 2.10 bits per heavy atom. The van der Waals surface area contributed by atoms with E-state index in [1.807, 2.05) is 14.0 Å². The molecule has 120 valence electrons.